The number of amides is 4. The molecule has 14 nitrogen and oxygen atoms in total. The van der Waals surface area contributed by atoms with Crippen LogP contribution in [0.5, 0.6) is 0 Å². The molecule has 0 radical (unpaired) electrons. The van der Waals surface area contributed by atoms with Crippen LogP contribution >= 0.6 is 0 Å². The van der Waals surface area contributed by atoms with Gasteiger partial charge in [0.1, 0.15) is 24.3 Å². The first kappa shape index (κ1) is 62.7. The van der Waals surface area contributed by atoms with Crippen LogP contribution in [-0.2, 0) is 64.5 Å². The largest absolute Gasteiger partial charge is 0.388 e. The maximum Gasteiger partial charge on any atom is 0.243 e. The number of nitrogens with one attached hydrogen (secondary N) is 4. The van der Waals surface area contributed by atoms with Crippen molar-refractivity contribution in [3.05, 3.63) is 168 Å². The zero-order chi connectivity index (χ0) is 58.7. The van der Waals surface area contributed by atoms with Crippen molar-refractivity contribution in [2.24, 2.45) is 23.7 Å². The minimum Gasteiger partial charge on any atom is -0.388 e. The van der Waals surface area contributed by atoms with Crippen molar-refractivity contribution in [1.82, 2.24) is 21.3 Å². The summed E-state index contributed by atoms with van der Waals surface area (Å²) in [6, 6.07) is 39.7. The van der Waals surface area contributed by atoms with Gasteiger partial charge in [-0.15, -0.1) is 0 Å². The first-order valence-electron chi connectivity index (χ1n) is 27.6. The Morgan fingerprint density at radius 3 is 1.05 bits per heavy atom. The molecule has 430 valence electrons. The minimum absolute atomic E-state index is 0.00332. The molecule has 0 saturated carbocycles. The Labute approximate surface area is 473 Å². The lowest BCUT2D eigenvalue weighted by Crippen LogP contribution is -2.62. The van der Waals surface area contributed by atoms with Gasteiger partial charge in [0.05, 0.1) is 44.9 Å². The topological polar surface area (TPSA) is 225 Å². The molecule has 6 rings (SSSR count). The third-order valence-electron chi connectivity index (χ3n) is 15.1. The summed E-state index contributed by atoms with van der Waals surface area (Å²) >= 11 is 0. The predicted molar refractivity (Wildman–Crippen MR) is 319 cm³/mol. The van der Waals surface area contributed by atoms with Crippen molar-refractivity contribution < 1.29 is 46.2 Å². The van der Waals surface area contributed by atoms with E-state index in [2.05, 4.69) is 21.3 Å². The monoisotopic (exact) mass is 1130 g/mol. The highest BCUT2D eigenvalue weighted by molar-refractivity contribution is 7.93. The van der Waals surface area contributed by atoms with Gasteiger partial charge >= 0.3 is 0 Å². The van der Waals surface area contributed by atoms with Crippen LogP contribution in [0.3, 0.4) is 0 Å². The van der Waals surface area contributed by atoms with Crippen LogP contribution in [0, 0.1) is 23.7 Å². The molecular weight excluding hydrogens is 1050 g/mol. The molecule has 0 heterocycles. The number of aliphatic hydroxyl groups excluding tert-OH is 2. The van der Waals surface area contributed by atoms with Crippen LogP contribution in [0.25, 0.3) is 21.5 Å². The lowest BCUT2D eigenvalue weighted by Gasteiger charge is -2.35. The molecule has 0 aromatic heterocycles. The Bertz CT molecular complexity index is 3070. The smallest absolute Gasteiger partial charge is 0.243 e. The normalized spacial score (nSPS) is 15.5. The summed E-state index contributed by atoms with van der Waals surface area (Å²) in [4.78, 5) is 58.7. The molecule has 0 spiro atoms. The van der Waals surface area contributed by atoms with Crippen LogP contribution in [0.2, 0.25) is 0 Å². The molecule has 16 heteroatoms. The van der Waals surface area contributed by atoms with Crippen LogP contribution in [0.1, 0.15) is 91.5 Å². The summed E-state index contributed by atoms with van der Waals surface area (Å²) in [6.07, 6.45) is -3.37. The van der Waals surface area contributed by atoms with Gasteiger partial charge < -0.3 is 31.5 Å². The van der Waals surface area contributed by atoms with E-state index in [4.69, 9.17) is 0 Å². The van der Waals surface area contributed by atoms with Crippen LogP contribution in [0.15, 0.2) is 146 Å². The number of benzene rings is 6. The Morgan fingerprint density at radius 1 is 0.412 bits per heavy atom. The Morgan fingerprint density at radius 2 is 0.725 bits per heavy atom. The van der Waals surface area contributed by atoms with E-state index in [9.17, 15) is 46.2 Å². The van der Waals surface area contributed by atoms with Gasteiger partial charge in [0.15, 0.2) is 19.7 Å². The number of hydrogen-bond acceptors (Lipinski definition) is 10. The molecule has 0 bridgehead atoms. The van der Waals surface area contributed by atoms with E-state index in [1.807, 2.05) is 97.1 Å². The number of hydrogen-bond donors (Lipinski definition) is 6. The molecule has 0 aliphatic carbocycles. The van der Waals surface area contributed by atoms with Gasteiger partial charge in [-0.05, 0) is 123 Å². The second kappa shape index (κ2) is 26.9. The van der Waals surface area contributed by atoms with Crippen LogP contribution in [-0.4, -0.2) is 108 Å². The van der Waals surface area contributed by atoms with E-state index >= 15 is 0 Å². The highest BCUT2D eigenvalue weighted by Crippen LogP contribution is 2.28. The van der Waals surface area contributed by atoms with E-state index in [0.29, 0.717) is 11.1 Å². The summed E-state index contributed by atoms with van der Waals surface area (Å²) < 4.78 is 52.9. The SMILES string of the molecule is CC(C)[C@H](NC(=O)[C@H](Cc1cccc2ccccc12)CS(=O)(=O)C(C)(C)C)C(=O)N[C@@H](Cc1ccccc1)[C@H](O)[C@H](O)[C@H](Cc1ccccc1)NC(=O)[C@@H](NC(=O)[C@H](Cc1cccc2ccccc12)CS(=O)(=O)C(C)(C)C)C(C)C. The zero-order valence-corrected chi connectivity index (χ0v) is 49.5. The molecule has 0 aliphatic heterocycles. The highest BCUT2D eigenvalue weighted by atomic mass is 32.2. The fourth-order valence-electron chi connectivity index (χ4n) is 9.84. The standard InChI is InChI=1S/C64H82N4O10S2/c1-41(2)55(67-59(71)49(39-79(75,76)63(5,6)7)37-47-31-21-29-45-27-17-19-33-51(45)47)61(73)65-53(35-43-23-13-11-14-24-43)57(69)58(70)54(36-44-25-15-12-16-26-44)66-62(74)56(42(3)4)68-60(72)50(40-80(77,78)64(8,9)10)38-48-32-22-30-46-28-18-20-34-52(46)48/h11-34,41-42,49-50,53-58,69-70H,35-40H2,1-10H3,(H,65,73)(H,66,74)(H,67,71)(H,68,72)/t49-,50-,53+,54+,55+,56+,57-,58+/m1/s1. The van der Waals surface area contributed by atoms with Gasteiger partial charge in [-0.3, -0.25) is 19.2 Å². The third kappa shape index (κ3) is 16.4. The fourth-order valence-corrected chi connectivity index (χ4v) is 12.4. The van der Waals surface area contributed by atoms with Gasteiger partial charge in [0.2, 0.25) is 23.6 Å². The Kier molecular flexibility index (Phi) is 21.1. The van der Waals surface area contributed by atoms with Crippen molar-refractivity contribution in [2.75, 3.05) is 11.5 Å². The molecule has 0 aliphatic rings. The van der Waals surface area contributed by atoms with Gasteiger partial charge in [0.25, 0.3) is 0 Å². The fraction of sp³-hybridized carbons (Fsp3) is 0.438. The first-order chi connectivity index (χ1) is 37.6. The van der Waals surface area contributed by atoms with Crippen molar-refractivity contribution in [2.45, 2.75) is 141 Å². The van der Waals surface area contributed by atoms with Gasteiger partial charge in [0, 0.05) is 0 Å². The van der Waals surface area contributed by atoms with Gasteiger partial charge in [-0.25, -0.2) is 16.8 Å². The second-order valence-electron chi connectivity index (χ2n) is 23.9. The lowest BCUT2D eigenvalue weighted by atomic mass is 9.90. The molecule has 0 fully saturated rings. The second-order valence-corrected chi connectivity index (χ2v) is 29.5. The Hall–Kier alpha value is -6.46. The van der Waals surface area contributed by atoms with Crippen LogP contribution < -0.4 is 21.3 Å². The van der Waals surface area contributed by atoms with E-state index < -0.39 is 124 Å². The quantitative estimate of drug-likeness (QED) is 0.0325. The third-order valence-corrected chi connectivity index (χ3v) is 20.5. The number of rotatable bonds is 25. The molecule has 4 amide bonds. The first-order valence-corrected chi connectivity index (χ1v) is 30.9. The maximum atomic E-state index is 14.7. The molecule has 6 N–H and O–H groups in total. The Balaban J connectivity index is 1.29. The molecule has 0 saturated heterocycles. The summed E-state index contributed by atoms with van der Waals surface area (Å²) in [6.45, 7) is 16.4. The number of carbonyl (C=O) groups excluding carboxylic acids is 4. The molecule has 8 atom stereocenters. The molecule has 0 unspecified atom stereocenters. The molecule has 80 heavy (non-hydrogen) atoms. The summed E-state index contributed by atoms with van der Waals surface area (Å²) in [5.41, 5.74) is 2.92. The average Bonchev–Trinajstić information content (AvgIpc) is 3.40. The summed E-state index contributed by atoms with van der Waals surface area (Å²) in [7, 11) is -7.70. The van der Waals surface area contributed by atoms with Crippen molar-refractivity contribution in [3.63, 3.8) is 0 Å². The number of carbonyl (C=O) groups is 4. The van der Waals surface area contributed by atoms with Crippen molar-refractivity contribution in [3.8, 4) is 0 Å². The number of sulfone groups is 2. The van der Waals surface area contributed by atoms with E-state index in [1.165, 1.54) is 0 Å². The molecule has 6 aromatic carbocycles. The highest BCUT2D eigenvalue weighted by Gasteiger charge is 2.41. The molecular formula is C64H82N4O10S2. The van der Waals surface area contributed by atoms with E-state index in [1.54, 1.807) is 118 Å². The molecule has 6 aromatic rings. The van der Waals surface area contributed by atoms with Gasteiger partial charge in [-0.2, -0.15) is 0 Å². The lowest BCUT2D eigenvalue weighted by molar-refractivity contribution is -0.134. The summed E-state index contributed by atoms with van der Waals surface area (Å²) in [5, 5.41) is 40.1. The van der Waals surface area contributed by atoms with E-state index in [-0.39, 0.29) is 25.7 Å². The number of aliphatic hydroxyl groups is 2. The average molecular weight is 1130 g/mol. The predicted octanol–water partition coefficient (Wildman–Crippen LogP) is 7.90. The van der Waals surface area contributed by atoms with E-state index in [0.717, 1.165) is 32.7 Å². The van der Waals surface area contributed by atoms with Crippen molar-refractivity contribution >= 4 is 64.8 Å². The zero-order valence-electron chi connectivity index (χ0n) is 47.8. The van der Waals surface area contributed by atoms with Gasteiger partial charge in [-0.1, -0.05) is 173 Å². The number of fused-ring (bicyclic) bond motifs is 2. The van der Waals surface area contributed by atoms with Crippen LogP contribution in [0.4, 0.5) is 0 Å². The maximum absolute atomic E-state index is 14.7. The van der Waals surface area contributed by atoms with Crippen molar-refractivity contribution in [1.29, 1.82) is 0 Å². The summed E-state index contributed by atoms with van der Waals surface area (Å²) in [5.74, 6) is -6.92. The minimum atomic E-state index is -3.85.